The number of rotatable bonds is 4. The van der Waals surface area contributed by atoms with Gasteiger partial charge in [-0.3, -0.25) is 10.1 Å². The molecule has 3 atom stereocenters. The van der Waals surface area contributed by atoms with E-state index in [-0.39, 0.29) is 18.1 Å². The molecule has 0 aromatic rings. The van der Waals surface area contributed by atoms with Crippen LogP contribution in [0.15, 0.2) is 0 Å². The van der Waals surface area contributed by atoms with E-state index < -0.39 is 11.5 Å². The monoisotopic (exact) mass is 243 g/mol. The van der Waals surface area contributed by atoms with Crippen molar-refractivity contribution in [3.05, 3.63) is 0 Å². The van der Waals surface area contributed by atoms with Gasteiger partial charge < -0.3 is 10.2 Å². The summed E-state index contributed by atoms with van der Waals surface area (Å²) in [5.41, 5.74) is -0.860. The fourth-order valence-electron chi connectivity index (χ4n) is 3.42. The molecule has 100 valence electrons. The lowest BCUT2D eigenvalue weighted by Crippen LogP contribution is -2.60. The van der Waals surface area contributed by atoms with Crippen molar-refractivity contribution in [1.29, 1.82) is 0 Å². The zero-order chi connectivity index (χ0) is 13.3. The Balaban J connectivity index is 2.94. The largest absolute Gasteiger partial charge is 0.480 e. The van der Waals surface area contributed by atoms with Gasteiger partial charge in [0.25, 0.3) is 0 Å². The molecular formula is C13H25NO3. The van der Waals surface area contributed by atoms with Gasteiger partial charge in [-0.2, -0.15) is 0 Å². The molecule has 0 aromatic carbocycles. The number of carboxylic acids is 1. The van der Waals surface area contributed by atoms with E-state index in [1.54, 1.807) is 0 Å². The summed E-state index contributed by atoms with van der Waals surface area (Å²) in [5.74, 6) is -0.411. The van der Waals surface area contributed by atoms with Crippen molar-refractivity contribution in [3.8, 4) is 0 Å². The highest BCUT2D eigenvalue weighted by Crippen LogP contribution is 2.44. The second-order valence-corrected chi connectivity index (χ2v) is 6.47. The number of aliphatic carboxylic acids is 1. The summed E-state index contributed by atoms with van der Waals surface area (Å²) in [4.78, 5) is 11.6. The Morgan fingerprint density at radius 2 is 2.06 bits per heavy atom. The zero-order valence-electron chi connectivity index (χ0n) is 11.3. The summed E-state index contributed by atoms with van der Waals surface area (Å²) in [6, 6.07) is -0.188. The fourth-order valence-corrected chi connectivity index (χ4v) is 3.42. The molecule has 0 heterocycles. The Hall–Kier alpha value is -0.610. The zero-order valence-corrected chi connectivity index (χ0v) is 11.3. The lowest BCUT2D eigenvalue weighted by molar-refractivity contribution is -0.150. The normalized spacial score (nSPS) is 34.3. The Kier molecular flexibility index (Phi) is 4.20. The van der Waals surface area contributed by atoms with Crippen LogP contribution in [0.5, 0.6) is 0 Å². The van der Waals surface area contributed by atoms with E-state index in [9.17, 15) is 9.90 Å². The van der Waals surface area contributed by atoms with Crippen LogP contribution < -0.4 is 5.32 Å². The molecule has 0 spiro atoms. The molecular weight excluding hydrogens is 218 g/mol. The smallest absolute Gasteiger partial charge is 0.323 e. The van der Waals surface area contributed by atoms with Crippen LogP contribution in [0.3, 0.4) is 0 Å². The third-order valence-electron chi connectivity index (χ3n) is 3.58. The maximum absolute atomic E-state index is 11.6. The van der Waals surface area contributed by atoms with Gasteiger partial charge in [0.05, 0.1) is 6.61 Å². The molecule has 1 rings (SSSR count). The predicted octanol–water partition coefficient (Wildman–Crippen LogP) is 1.63. The number of carbonyl (C=O) groups is 1. The molecule has 3 N–H and O–H groups in total. The molecule has 1 aliphatic carbocycles. The van der Waals surface area contributed by atoms with Crippen LogP contribution in [-0.4, -0.2) is 34.4 Å². The first-order chi connectivity index (χ1) is 7.71. The topological polar surface area (TPSA) is 69.6 Å². The summed E-state index contributed by atoms with van der Waals surface area (Å²) in [6.45, 7) is 8.11. The van der Waals surface area contributed by atoms with Crippen LogP contribution in [0.4, 0.5) is 0 Å². The number of aliphatic hydroxyl groups is 1. The molecule has 0 radical (unpaired) electrons. The SMILES string of the molecule is CC1CC(C)(C)CC(NC(C)CO)(C(=O)O)C1. The quantitative estimate of drug-likeness (QED) is 0.702. The molecule has 4 heteroatoms. The van der Waals surface area contributed by atoms with Crippen LogP contribution in [0.1, 0.15) is 47.0 Å². The maximum Gasteiger partial charge on any atom is 0.323 e. The van der Waals surface area contributed by atoms with Crippen molar-refractivity contribution in [2.24, 2.45) is 11.3 Å². The van der Waals surface area contributed by atoms with E-state index >= 15 is 0 Å². The minimum Gasteiger partial charge on any atom is -0.480 e. The molecule has 0 amide bonds. The molecule has 0 bridgehead atoms. The van der Waals surface area contributed by atoms with Gasteiger partial charge in [0.15, 0.2) is 0 Å². The van der Waals surface area contributed by atoms with Gasteiger partial charge >= 0.3 is 5.97 Å². The van der Waals surface area contributed by atoms with E-state index in [0.717, 1.165) is 6.42 Å². The lowest BCUT2D eigenvalue weighted by atomic mass is 9.64. The minimum absolute atomic E-state index is 0.0260. The van der Waals surface area contributed by atoms with Crippen molar-refractivity contribution in [3.63, 3.8) is 0 Å². The predicted molar refractivity (Wildman–Crippen MR) is 66.8 cm³/mol. The Bertz CT molecular complexity index is 290. The van der Waals surface area contributed by atoms with Crippen molar-refractivity contribution < 1.29 is 15.0 Å². The van der Waals surface area contributed by atoms with Gasteiger partial charge in [-0.15, -0.1) is 0 Å². The van der Waals surface area contributed by atoms with Gasteiger partial charge in [-0.1, -0.05) is 20.8 Å². The minimum atomic E-state index is -0.886. The summed E-state index contributed by atoms with van der Waals surface area (Å²) in [5, 5.41) is 21.8. The Labute approximate surface area is 103 Å². The average Bonchev–Trinajstić information content (AvgIpc) is 2.13. The third kappa shape index (κ3) is 3.42. The third-order valence-corrected chi connectivity index (χ3v) is 3.58. The van der Waals surface area contributed by atoms with Crippen LogP contribution in [0, 0.1) is 11.3 Å². The molecule has 4 nitrogen and oxygen atoms in total. The summed E-state index contributed by atoms with van der Waals surface area (Å²) < 4.78 is 0. The van der Waals surface area contributed by atoms with Gasteiger partial charge in [0.2, 0.25) is 0 Å². The number of hydrogen-bond donors (Lipinski definition) is 3. The van der Waals surface area contributed by atoms with Crippen LogP contribution in [-0.2, 0) is 4.79 Å². The number of aliphatic hydroxyl groups excluding tert-OH is 1. The van der Waals surface area contributed by atoms with Gasteiger partial charge in [0.1, 0.15) is 5.54 Å². The standard InChI is InChI=1S/C13H25NO3/c1-9-5-12(3,4)8-13(6-9,11(16)17)14-10(2)7-15/h9-10,14-15H,5-8H2,1-4H3,(H,16,17). The first-order valence-electron chi connectivity index (χ1n) is 6.33. The maximum atomic E-state index is 11.6. The highest BCUT2D eigenvalue weighted by atomic mass is 16.4. The molecule has 1 aliphatic rings. The number of nitrogens with one attached hydrogen (secondary N) is 1. The lowest BCUT2D eigenvalue weighted by Gasteiger charge is -2.46. The molecule has 0 aliphatic heterocycles. The van der Waals surface area contributed by atoms with Crippen LogP contribution >= 0.6 is 0 Å². The van der Waals surface area contributed by atoms with Crippen molar-refractivity contribution >= 4 is 5.97 Å². The van der Waals surface area contributed by atoms with Gasteiger partial charge in [-0.25, -0.2) is 0 Å². The van der Waals surface area contributed by atoms with Crippen LogP contribution in [0.2, 0.25) is 0 Å². The van der Waals surface area contributed by atoms with Crippen molar-refractivity contribution in [2.45, 2.75) is 58.5 Å². The van der Waals surface area contributed by atoms with E-state index in [0.29, 0.717) is 18.8 Å². The molecule has 17 heavy (non-hydrogen) atoms. The first-order valence-corrected chi connectivity index (χ1v) is 6.33. The van der Waals surface area contributed by atoms with Crippen molar-refractivity contribution in [2.75, 3.05) is 6.61 Å². The molecule has 3 unspecified atom stereocenters. The first kappa shape index (κ1) is 14.5. The Morgan fingerprint density at radius 3 is 2.47 bits per heavy atom. The second kappa shape index (κ2) is 4.94. The molecule has 1 fully saturated rings. The summed E-state index contributed by atoms with van der Waals surface area (Å²) in [7, 11) is 0. The van der Waals surface area contributed by atoms with E-state index in [1.165, 1.54) is 0 Å². The molecule has 1 saturated carbocycles. The van der Waals surface area contributed by atoms with E-state index in [2.05, 4.69) is 26.1 Å². The van der Waals surface area contributed by atoms with Crippen LogP contribution in [0.25, 0.3) is 0 Å². The summed E-state index contributed by atoms with van der Waals surface area (Å²) >= 11 is 0. The Morgan fingerprint density at radius 1 is 1.47 bits per heavy atom. The summed E-state index contributed by atoms with van der Waals surface area (Å²) in [6.07, 6.45) is 2.30. The molecule has 0 saturated heterocycles. The van der Waals surface area contributed by atoms with Gasteiger partial charge in [-0.05, 0) is 37.5 Å². The number of hydrogen-bond acceptors (Lipinski definition) is 3. The molecule has 0 aromatic heterocycles. The highest BCUT2D eigenvalue weighted by Gasteiger charge is 2.48. The second-order valence-electron chi connectivity index (χ2n) is 6.47. The highest BCUT2D eigenvalue weighted by molar-refractivity contribution is 5.79. The number of carboxylic acid groups (broad SMARTS) is 1. The van der Waals surface area contributed by atoms with E-state index in [1.807, 2.05) is 6.92 Å². The van der Waals surface area contributed by atoms with Gasteiger partial charge in [0, 0.05) is 6.04 Å². The average molecular weight is 243 g/mol. The van der Waals surface area contributed by atoms with Crippen molar-refractivity contribution in [1.82, 2.24) is 5.32 Å². The fraction of sp³-hybridized carbons (Fsp3) is 0.923. The van der Waals surface area contributed by atoms with E-state index in [4.69, 9.17) is 5.11 Å².